The van der Waals surface area contributed by atoms with Gasteiger partial charge in [-0.1, -0.05) is 40.9 Å². The van der Waals surface area contributed by atoms with Crippen molar-refractivity contribution >= 4 is 40.5 Å². The summed E-state index contributed by atoms with van der Waals surface area (Å²) in [6, 6.07) is 10.2. The van der Waals surface area contributed by atoms with E-state index >= 15 is 0 Å². The van der Waals surface area contributed by atoms with Gasteiger partial charge < -0.3 is 10.4 Å². The monoisotopic (exact) mass is 301 g/mol. The molecule has 0 saturated carbocycles. The first-order valence-electron chi connectivity index (χ1n) is 5.23. The average molecular weight is 303 g/mol. The average Bonchev–Trinajstić information content (AvgIpc) is 2.34. The molecule has 0 aliphatic carbocycles. The molecule has 18 heavy (non-hydrogen) atoms. The molecule has 2 aromatic carbocycles. The highest BCUT2D eigenvalue weighted by Crippen LogP contribution is 2.32. The van der Waals surface area contributed by atoms with Crippen LogP contribution in [0.2, 0.25) is 15.1 Å². The lowest BCUT2D eigenvalue weighted by Gasteiger charge is -2.11. The van der Waals surface area contributed by atoms with Gasteiger partial charge in [0, 0.05) is 28.9 Å². The normalized spacial score (nSPS) is 10.4. The smallest absolute Gasteiger partial charge is 0.117 e. The zero-order valence-corrected chi connectivity index (χ0v) is 11.5. The zero-order valence-electron chi connectivity index (χ0n) is 9.25. The van der Waals surface area contributed by atoms with Crippen LogP contribution in [-0.4, -0.2) is 5.11 Å². The quantitative estimate of drug-likeness (QED) is 0.785. The second-order valence-corrected chi connectivity index (χ2v) is 4.92. The third kappa shape index (κ3) is 3.02. The van der Waals surface area contributed by atoms with Gasteiger partial charge in [0.25, 0.3) is 0 Å². The molecule has 5 heteroatoms. The summed E-state index contributed by atoms with van der Waals surface area (Å²) < 4.78 is 0. The van der Waals surface area contributed by atoms with Crippen molar-refractivity contribution in [2.75, 3.05) is 5.32 Å². The summed E-state index contributed by atoms with van der Waals surface area (Å²) >= 11 is 18.1. The van der Waals surface area contributed by atoms with Gasteiger partial charge in [0.15, 0.2) is 0 Å². The lowest BCUT2D eigenvalue weighted by atomic mass is 10.2. The third-order valence-corrected chi connectivity index (χ3v) is 3.65. The van der Waals surface area contributed by atoms with Crippen LogP contribution in [0.25, 0.3) is 0 Å². The number of nitrogens with one attached hydrogen (secondary N) is 1. The maximum Gasteiger partial charge on any atom is 0.117 e. The molecule has 0 saturated heterocycles. The lowest BCUT2D eigenvalue weighted by molar-refractivity contribution is 0.475. The summed E-state index contributed by atoms with van der Waals surface area (Å²) in [5.41, 5.74) is 1.51. The second-order valence-electron chi connectivity index (χ2n) is 3.73. The highest BCUT2D eigenvalue weighted by atomic mass is 35.5. The van der Waals surface area contributed by atoms with Gasteiger partial charge in [-0.3, -0.25) is 0 Å². The standard InChI is InChI=1S/C13H10Cl3NO/c14-11-4-5-12(15)13(16)10(11)7-17-8-2-1-3-9(18)6-8/h1-6,17-18H,7H2. The molecule has 0 aromatic heterocycles. The Morgan fingerprint density at radius 1 is 1.00 bits per heavy atom. The number of aromatic hydroxyl groups is 1. The van der Waals surface area contributed by atoms with E-state index in [1.807, 2.05) is 6.07 Å². The van der Waals surface area contributed by atoms with E-state index in [9.17, 15) is 5.11 Å². The Kier molecular flexibility index (Phi) is 4.23. The molecule has 0 unspecified atom stereocenters. The number of hydrogen-bond acceptors (Lipinski definition) is 2. The molecule has 0 heterocycles. The van der Waals surface area contributed by atoms with Crippen molar-refractivity contribution in [1.29, 1.82) is 0 Å². The fraction of sp³-hybridized carbons (Fsp3) is 0.0769. The van der Waals surface area contributed by atoms with Crippen LogP contribution in [0.15, 0.2) is 36.4 Å². The van der Waals surface area contributed by atoms with Crippen molar-refractivity contribution in [3.8, 4) is 5.75 Å². The summed E-state index contributed by atoms with van der Waals surface area (Å²) in [6.45, 7) is 0.432. The zero-order chi connectivity index (χ0) is 13.1. The van der Waals surface area contributed by atoms with Crippen LogP contribution < -0.4 is 5.32 Å². The van der Waals surface area contributed by atoms with Crippen molar-refractivity contribution in [2.45, 2.75) is 6.54 Å². The minimum absolute atomic E-state index is 0.197. The SMILES string of the molecule is Oc1cccc(NCc2c(Cl)ccc(Cl)c2Cl)c1. The number of phenols is 1. The summed E-state index contributed by atoms with van der Waals surface area (Å²) in [6.07, 6.45) is 0. The molecule has 0 aliphatic heterocycles. The van der Waals surface area contributed by atoms with Gasteiger partial charge in [-0.2, -0.15) is 0 Å². The van der Waals surface area contributed by atoms with E-state index < -0.39 is 0 Å². The van der Waals surface area contributed by atoms with Gasteiger partial charge in [-0.05, 0) is 24.3 Å². The number of halogens is 3. The van der Waals surface area contributed by atoms with E-state index in [2.05, 4.69) is 5.32 Å². The van der Waals surface area contributed by atoms with Crippen LogP contribution in [0.5, 0.6) is 5.75 Å². The largest absolute Gasteiger partial charge is 0.508 e. The van der Waals surface area contributed by atoms with Crippen LogP contribution >= 0.6 is 34.8 Å². The second kappa shape index (κ2) is 5.70. The predicted octanol–water partition coefficient (Wildman–Crippen LogP) is 4.96. The van der Waals surface area contributed by atoms with E-state index in [1.54, 1.807) is 30.3 Å². The molecule has 94 valence electrons. The topological polar surface area (TPSA) is 32.3 Å². The Balaban J connectivity index is 2.18. The van der Waals surface area contributed by atoms with E-state index in [4.69, 9.17) is 34.8 Å². The minimum Gasteiger partial charge on any atom is -0.508 e. The van der Waals surface area contributed by atoms with Gasteiger partial charge in [0.05, 0.1) is 10.0 Å². The number of phenolic OH excluding ortho intramolecular Hbond substituents is 1. The fourth-order valence-electron chi connectivity index (χ4n) is 1.54. The van der Waals surface area contributed by atoms with Crippen LogP contribution in [-0.2, 0) is 6.54 Å². The highest BCUT2D eigenvalue weighted by molar-refractivity contribution is 6.44. The minimum atomic E-state index is 0.197. The molecule has 2 nitrogen and oxygen atoms in total. The molecule has 0 atom stereocenters. The van der Waals surface area contributed by atoms with Crippen LogP contribution in [0.4, 0.5) is 5.69 Å². The van der Waals surface area contributed by atoms with Crippen molar-refractivity contribution in [1.82, 2.24) is 0 Å². The highest BCUT2D eigenvalue weighted by Gasteiger charge is 2.09. The van der Waals surface area contributed by atoms with E-state index in [0.29, 0.717) is 21.6 Å². The molecular formula is C13H10Cl3NO. The maximum absolute atomic E-state index is 9.35. The molecule has 0 fully saturated rings. The van der Waals surface area contributed by atoms with E-state index in [-0.39, 0.29) is 5.75 Å². The van der Waals surface area contributed by atoms with Crippen molar-refractivity contribution in [3.63, 3.8) is 0 Å². The molecule has 0 amide bonds. The van der Waals surface area contributed by atoms with Crippen molar-refractivity contribution < 1.29 is 5.11 Å². The molecule has 0 radical (unpaired) electrons. The number of anilines is 1. The summed E-state index contributed by atoms with van der Waals surface area (Å²) in [5, 5.41) is 13.9. The molecule has 0 aliphatic rings. The van der Waals surface area contributed by atoms with Gasteiger partial charge in [-0.15, -0.1) is 0 Å². The Labute approximate surface area is 120 Å². The first-order chi connectivity index (χ1) is 8.58. The van der Waals surface area contributed by atoms with Crippen molar-refractivity contribution in [2.24, 2.45) is 0 Å². The first kappa shape index (κ1) is 13.3. The lowest BCUT2D eigenvalue weighted by Crippen LogP contribution is -2.01. The van der Waals surface area contributed by atoms with E-state index in [1.165, 1.54) is 0 Å². The summed E-state index contributed by atoms with van der Waals surface area (Å²) in [5.74, 6) is 0.197. The van der Waals surface area contributed by atoms with Gasteiger partial charge in [0.2, 0.25) is 0 Å². The Morgan fingerprint density at radius 3 is 2.44 bits per heavy atom. The molecule has 2 rings (SSSR count). The Bertz CT molecular complexity index is 572. The third-order valence-electron chi connectivity index (χ3n) is 2.45. The first-order valence-corrected chi connectivity index (χ1v) is 6.36. The van der Waals surface area contributed by atoms with Gasteiger partial charge in [-0.25, -0.2) is 0 Å². The molecule has 0 spiro atoms. The van der Waals surface area contributed by atoms with Gasteiger partial charge in [0.1, 0.15) is 5.75 Å². The Hall–Kier alpha value is -1.09. The van der Waals surface area contributed by atoms with Crippen LogP contribution in [0, 0.1) is 0 Å². The summed E-state index contributed by atoms with van der Waals surface area (Å²) in [4.78, 5) is 0. The van der Waals surface area contributed by atoms with Crippen molar-refractivity contribution in [3.05, 3.63) is 57.0 Å². The molecule has 2 N–H and O–H groups in total. The van der Waals surface area contributed by atoms with Crippen LogP contribution in [0.3, 0.4) is 0 Å². The maximum atomic E-state index is 9.35. The van der Waals surface area contributed by atoms with Crippen LogP contribution in [0.1, 0.15) is 5.56 Å². The fourth-order valence-corrected chi connectivity index (χ4v) is 2.22. The number of rotatable bonds is 3. The predicted molar refractivity (Wildman–Crippen MR) is 76.9 cm³/mol. The van der Waals surface area contributed by atoms with Gasteiger partial charge >= 0.3 is 0 Å². The number of hydrogen-bond donors (Lipinski definition) is 2. The number of benzene rings is 2. The molecule has 0 bridgehead atoms. The molecule has 2 aromatic rings. The van der Waals surface area contributed by atoms with E-state index in [0.717, 1.165) is 11.3 Å². The Morgan fingerprint density at radius 2 is 1.72 bits per heavy atom. The summed E-state index contributed by atoms with van der Waals surface area (Å²) in [7, 11) is 0. The molecular weight excluding hydrogens is 293 g/mol.